The first kappa shape index (κ1) is 21.0. The first-order valence-electron chi connectivity index (χ1n) is 7.34. The molecule has 0 saturated carbocycles. The fraction of sp³-hybridized carbons (Fsp3) is 0.375. The second-order valence-electron chi connectivity index (χ2n) is 4.88. The monoisotopic (exact) mass is 387 g/mol. The molecule has 0 bridgehead atoms. The molecular formula is C16H22ClN3O4S. The van der Waals surface area contributed by atoms with E-state index in [2.05, 4.69) is 10.3 Å². The Morgan fingerprint density at radius 2 is 1.84 bits per heavy atom. The normalized spacial score (nSPS) is 9.92. The van der Waals surface area contributed by atoms with Gasteiger partial charge < -0.3 is 25.3 Å². The highest BCUT2D eigenvalue weighted by atomic mass is 35.5. The van der Waals surface area contributed by atoms with Gasteiger partial charge in [0.2, 0.25) is 5.75 Å². The third kappa shape index (κ3) is 5.22. The predicted molar refractivity (Wildman–Crippen MR) is 99.4 cm³/mol. The van der Waals surface area contributed by atoms with Gasteiger partial charge >= 0.3 is 0 Å². The van der Waals surface area contributed by atoms with Gasteiger partial charge in [0.1, 0.15) is 5.69 Å². The molecule has 0 unspecified atom stereocenters. The van der Waals surface area contributed by atoms with Crippen LogP contribution < -0.4 is 25.3 Å². The number of nitrogens with two attached hydrogens (primary N) is 1. The molecular weight excluding hydrogens is 366 g/mol. The summed E-state index contributed by atoms with van der Waals surface area (Å²) in [7, 11) is 4.64. The molecule has 1 aromatic carbocycles. The summed E-state index contributed by atoms with van der Waals surface area (Å²) in [5, 5.41) is 5.42. The number of thiazole rings is 1. The van der Waals surface area contributed by atoms with Gasteiger partial charge in [-0.1, -0.05) is 0 Å². The van der Waals surface area contributed by atoms with Gasteiger partial charge in [0.25, 0.3) is 5.91 Å². The molecule has 0 saturated heterocycles. The second kappa shape index (κ2) is 10.1. The van der Waals surface area contributed by atoms with Crippen molar-refractivity contribution in [2.24, 2.45) is 5.73 Å². The molecule has 2 aromatic rings. The minimum absolute atomic E-state index is 0. The number of methoxy groups -OCH3 is 3. The van der Waals surface area contributed by atoms with Crippen LogP contribution in [0.25, 0.3) is 0 Å². The minimum Gasteiger partial charge on any atom is -0.493 e. The molecule has 25 heavy (non-hydrogen) atoms. The highest BCUT2D eigenvalue weighted by Gasteiger charge is 2.15. The summed E-state index contributed by atoms with van der Waals surface area (Å²) < 4.78 is 15.9. The van der Waals surface area contributed by atoms with Crippen LogP contribution in [-0.2, 0) is 13.0 Å². The Labute approximate surface area is 156 Å². The van der Waals surface area contributed by atoms with E-state index >= 15 is 0 Å². The van der Waals surface area contributed by atoms with Gasteiger partial charge in [-0.3, -0.25) is 4.79 Å². The largest absolute Gasteiger partial charge is 0.493 e. The van der Waals surface area contributed by atoms with Crippen molar-refractivity contribution in [2.45, 2.75) is 13.0 Å². The van der Waals surface area contributed by atoms with Crippen LogP contribution in [0.3, 0.4) is 0 Å². The van der Waals surface area contributed by atoms with E-state index in [1.807, 2.05) is 0 Å². The average molecular weight is 388 g/mol. The Kier molecular flexibility index (Phi) is 8.47. The van der Waals surface area contributed by atoms with E-state index in [4.69, 9.17) is 19.9 Å². The predicted octanol–water partition coefficient (Wildman–Crippen LogP) is 2.02. The number of carbonyl (C=O) groups excluding carboxylic acids is 1. The Hall–Kier alpha value is -2.03. The fourth-order valence-electron chi connectivity index (χ4n) is 2.16. The summed E-state index contributed by atoms with van der Waals surface area (Å²) in [6.45, 7) is 0.833. The standard InChI is InChI=1S/C16H21N3O4S.ClH/c1-21-12-6-10(7-13(22-2)15(12)23-3)8-18-16(20)11-9-24-14(19-11)4-5-17;/h6-7,9H,4-5,8,17H2,1-3H3,(H,18,20);1H. The van der Waals surface area contributed by atoms with Crippen molar-refractivity contribution < 1.29 is 19.0 Å². The second-order valence-corrected chi connectivity index (χ2v) is 5.82. The van der Waals surface area contributed by atoms with E-state index in [9.17, 15) is 4.79 Å². The number of hydrogen-bond donors (Lipinski definition) is 2. The molecule has 0 atom stereocenters. The van der Waals surface area contributed by atoms with Crippen molar-refractivity contribution in [3.63, 3.8) is 0 Å². The number of aromatic nitrogens is 1. The molecule has 138 valence electrons. The van der Waals surface area contributed by atoms with E-state index in [1.54, 1.807) is 38.8 Å². The molecule has 0 aliphatic carbocycles. The van der Waals surface area contributed by atoms with E-state index in [0.717, 1.165) is 10.6 Å². The third-order valence-electron chi connectivity index (χ3n) is 3.32. The van der Waals surface area contributed by atoms with Crippen molar-refractivity contribution in [3.05, 3.63) is 33.8 Å². The molecule has 9 heteroatoms. The van der Waals surface area contributed by atoms with E-state index in [1.165, 1.54) is 11.3 Å². The first-order valence-corrected chi connectivity index (χ1v) is 8.22. The fourth-order valence-corrected chi connectivity index (χ4v) is 2.96. The Bertz CT molecular complexity index is 683. The van der Waals surface area contributed by atoms with E-state index in [-0.39, 0.29) is 18.3 Å². The van der Waals surface area contributed by atoms with Gasteiger partial charge in [0, 0.05) is 18.3 Å². The van der Waals surface area contributed by atoms with E-state index < -0.39 is 0 Å². The Morgan fingerprint density at radius 1 is 1.20 bits per heavy atom. The number of amides is 1. The van der Waals surface area contributed by atoms with Crippen LogP contribution in [0.5, 0.6) is 17.2 Å². The van der Waals surface area contributed by atoms with Crippen molar-refractivity contribution in [3.8, 4) is 17.2 Å². The molecule has 1 heterocycles. The summed E-state index contributed by atoms with van der Waals surface area (Å²) in [6, 6.07) is 3.59. The van der Waals surface area contributed by atoms with Crippen molar-refractivity contribution >= 4 is 29.7 Å². The summed E-state index contributed by atoms with van der Waals surface area (Å²) in [4.78, 5) is 16.4. The zero-order chi connectivity index (χ0) is 17.5. The number of ether oxygens (including phenoxy) is 3. The maximum atomic E-state index is 12.2. The molecule has 0 spiro atoms. The lowest BCUT2D eigenvalue weighted by atomic mass is 10.1. The SMILES string of the molecule is COc1cc(CNC(=O)c2csc(CCN)n2)cc(OC)c1OC.Cl. The van der Waals surface area contributed by atoms with Gasteiger partial charge in [0.15, 0.2) is 11.5 Å². The van der Waals surface area contributed by atoms with Gasteiger partial charge in [-0.25, -0.2) is 4.98 Å². The topological polar surface area (TPSA) is 95.7 Å². The van der Waals surface area contributed by atoms with Gasteiger partial charge in [-0.2, -0.15) is 0 Å². The molecule has 2 rings (SSSR count). The van der Waals surface area contributed by atoms with Crippen LogP contribution in [0.4, 0.5) is 0 Å². The summed E-state index contributed by atoms with van der Waals surface area (Å²) >= 11 is 1.43. The molecule has 0 radical (unpaired) electrons. The summed E-state index contributed by atoms with van der Waals surface area (Å²) in [5.74, 6) is 1.37. The number of benzene rings is 1. The zero-order valence-corrected chi connectivity index (χ0v) is 16.0. The maximum absolute atomic E-state index is 12.2. The molecule has 1 amide bonds. The number of nitrogens with zero attached hydrogens (tertiary/aromatic N) is 1. The number of hydrogen-bond acceptors (Lipinski definition) is 7. The number of carbonyl (C=O) groups is 1. The Morgan fingerprint density at radius 3 is 2.36 bits per heavy atom. The lowest BCUT2D eigenvalue weighted by Crippen LogP contribution is -2.23. The zero-order valence-electron chi connectivity index (χ0n) is 14.3. The first-order chi connectivity index (χ1) is 11.6. The van der Waals surface area contributed by atoms with Crippen LogP contribution >= 0.6 is 23.7 Å². The minimum atomic E-state index is -0.233. The average Bonchev–Trinajstić information content (AvgIpc) is 3.07. The summed E-state index contributed by atoms with van der Waals surface area (Å²) in [5.41, 5.74) is 6.72. The van der Waals surface area contributed by atoms with Gasteiger partial charge in [-0.05, 0) is 24.2 Å². The number of halogens is 1. The molecule has 1 aromatic heterocycles. The smallest absolute Gasteiger partial charge is 0.271 e. The van der Waals surface area contributed by atoms with E-state index in [0.29, 0.717) is 42.5 Å². The molecule has 3 N–H and O–H groups in total. The molecule has 7 nitrogen and oxygen atoms in total. The number of rotatable bonds is 8. The van der Waals surface area contributed by atoms with Gasteiger partial charge in [-0.15, -0.1) is 23.7 Å². The molecule has 0 aliphatic heterocycles. The van der Waals surface area contributed by atoms with Crippen LogP contribution in [-0.4, -0.2) is 38.8 Å². The van der Waals surface area contributed by atoms with Crippen LogP contribution in [0, 0.1) is 0 Å². The van der Waals surface area contributed by atoms with Crippen molar-refractivity contribution in [1.29, 1.82) is 0 Å². The lowest BCUT2D eigenvalue weighted by molar-refractivity contribution is 0.0946. The van der Waals surface area contributed by atoms with Crippen LogP contribution in [0.2, 0.25) is 0 Å². The maximum Gasteiger partial charge on any atom is 0.271 e. The quantitative estimate of drug-likeness (QED) is 0.719. The summed E-state index contributed by atoms with van der Waals surface area (Å²) in [6.07, 6.45) is 0.671. The molecule has 0 aliphatic rings. The third-order valence-corrected chi connectivity index (χ3v) is 4.23. The Balaban J connectivity index is 0.00000312. The highest BCUT2D eigenvalue weighted by molar-refractivity contribution is 7.09. The lowest BCUT2D eigenvalue weighted by Gasteiger charge is -2.14. The van der Waals surface area contributed by atoms with Crippen LogP contribution in [0.1, 0.15) is 21.1 Å². The van der Waals surface area contributed by atoms with Crippen molar-refractivity contribution in [2.75, 3.05) is 27.9 Å². The van der Waals surface area contributed by atoms with Crippen molar-refractivity contribution in [1.82, 2.24) is 10.3 Å². The highest BCUT2D eigenvalue weighted by Crippen LogP contribution is 2.38. The van der Waals surface area contributed by atoms with Crippen LogP contribution in [0.15, 0.2) is 17.5 Å². The molecule has 0 fully saturated rings. The number of nitrogens with one attached hydrogen (secondary N) is 1. The van der Waals surface area contributed by atoms with Gasteiger partial charge in [0.05, 0.1) is 26.3 Å².